The van der Waals surface area contributed by atoms with Crippen LogP contribution in [0, 0.1) is 0 Å². The van der Waals surface area contributed by atoms with Crippen molar-refractivity contribution in [2.24, 2.45) is 5.16 Å². The number of anilines is 1. The molecule has 0 bridgehead atoms. The standard InChI is InChI=1S/C20H19ClN4O5/c21-20-22-8-10(9-23-20)13-7-14-16(12-4-2-1-3-11(12)13)24-18(27)17(14)25-30-15(5-6-26)19(28)29/h7-9,15,26H,1-6H2,(H,28,29)(H,24,25,27). The number of hydrogen-bond donors (Lipinski definition) is 3. The first-order valence-corrected chi connectivity index (χ1v) is 9.93. The number of amides is 1. The van der Waals surface area contributed by atoms with Crippen molar-refractivity contribution in [3.63, 3.8) is 0 Å². The molecule has 2 heterocycles. The molecule has 0 saturated carbocycles. The van der Waals surface area contributed by atoms with Crippen LogP contribution in [0.4, 0.5) is 5.69 Å². The van der Waals surface area contributed by atoms with Gasteiger partial charge in [-0.05, 0) is 60.0 Å². The average molecular weight is 431 g/mol. The third-order valence-electron chi connectivity index (χ3n) is 5.23. The Morgan fingerprint density at radius 1 is 1.23 bits per heavy atom. The number of fused-ring (bicyclic) bond motifs is 3. The highest BCUT2D eigenvalue weighted by Gasteiger charge is 2.33. The lowest BCUT2D eigenvalue weighted by Gasteiger charge is -2.22. The summed E-state index contributed by atoms with van der Waals surface area (Å²) in [7, 11) is 0. The van der Waals surface area contributed by atoms with Crippen LogP contribution in [0.15, 0.2) is 23.6 Å². The monoisotopic (exact) mass is 430 g/mol. The molecule has 1 aromatic heterocycles. The molecule has 9 nitrogen and oxygen atoms in total. The maximum atomic E-state index is 12.6. The zero-order chi connectivity index (χ0) is 21.3. The number of carbonyl (C=O) groups excluding carboxylic acids is 1. The first-order chi connectivity index (χ1) is 14.5. The summed E-state index contributed by atoms with van der Waals surface area (Å²) in [5.41, 5.74) is 5.03. The Morgan fingerprint density at radius 2 is 1.93 bits per heavy atom. The third kappa shape index (κ3) is 3.73. The van der Waals surface area contributed by atoms with Gasteiger partial charge in [-0.2, -0.15) is 0 Å². The fourth-order valence-corrected chi connectivity index (χ4v) is 3.92. The van der Waals surface area contributed by atoms with Gasteiger partial charge >= 0.3 is 5.97 Å². The minimum Gasteiger partial charge on any atom is -0.478 e. The van der Waals surface area contributed by atoms with Crippen molar-refractivity contribution in [2.75, 3.05) is 11.9 Å². The van der Waals surface area contributed by atoms with Crippen LogP contribution in [0.5, 0.6) is 0 Å². The minimum atomic E-state index is -1.35. The molecule has 1 unspecified atom stereocenters. The number of nitrogens with one attached hydrogen (secondary N) is 1. The van der Waals surface area contributed by atoms with Gasteiger partial charge in [-0.25, -0.2) is 14.8 Å². The number of carboxylic acids is 1. The second kappa shape index (κ2) is 8.37. The van der Waals surface area contributed by atoms with Crippen molar-refractivity contribution in [2.45, 2.75) is 38.2 Å². The lowest BCUT2D eigenvalue weighted by Crippen LogP contribution is -2.24. The molecule has 0 saturated heterocycles. The van der Waals surface area contributed by atoms with Crippen LogP contribution in [0.2, 0.25) is 5.28 Å². The third-order valence-corrected chi connectivity index (χ3v) is 5.43. The van der Waals surface area contributed by atoms with Crippen LogP contribution in [0.25, 0.3) is 11.1 Å². The van der Waals surface area contributed by atoms with E-state index in [4.69, 9.17) is 21.5 Å². The quantitative estimate of drug-likeness (QED) is 0.472. The highest BCUT2D eigenvalue weighted by atomic mass is 35.5. The zero-order valence-electron chi connectivity index (χ0n) is 15.9. The molecule has 1 aliphatic carbocycles. The van der Waals surface area contributed by atoms with Gasteiger partial charge in [0, 0.05) is 36.5 Å². The van der Waals surface area contributed by atoms with E-state index >= 15 is 0 Å². The van der Waals surface area contributed by atoms with Crippen LogP contribution in [0.1, 0.15) is 36.0 Å². The summed E-state index contributed by atoms with van der Waals surface area (Å²) < 4.78 is 0. The summed E-state index contributed by atoms with van der Waals surface area (Å²) in [6, 6.07) is 1.83. The predicted molar refractivity (Wildman–Crippen MR) is 108 cm³/mol. The smallest absolute Gasteiger partial charge is 0.347 e. The van der Waals surface area contributed by atoms with Crippen molar-refractivity contribution in [3.05, 3.63) is 40.4 Å². The second-order valence-electron chi connectivity index (χ2n) is 7.09. The molecule has 3 N–H and O–H groups in total. The van der Waals surface area contributed by atoms with Gasteiger partial charge in [0.1, 0.15) is 0 Å². The first-order valence-electron chi connectivity index (χ1n) is 9.55. The van der Waals surface area contributed by atoms with Gasteiger partial charge in [-0.1, -0.05) is 5.16 Å². The van der Waals surface area contributed by atoms with E-state index in [0.717, 1.165) is 47.9 Å². The SMILES string of the molecule is O=C1Nc2c(cc(-c3cnc(Cl)nc3)c3c2CCCC3)/C1=N/OC(CCO)C(=O)O. The molecular formula is C20H19ClN4O5. The number of benzene rings is 1. The summed E-state index contributed by atoms with van der Waals surface area (Å²) in [6.07, 6.45) is 5.46. The van der Waals surface area contributed by atoms with Crippen LogP contribution in [-0.4, -0.2) is 50.5 Å². The number of carbonyl (C=O) groups is 2. The van der Waals surface area contributed by atoms with E-state index in [1.807, 2.05) is 6.07 Å². The van der Waals surface area contributed by atoms with E-state index in [9.17, 15) is 14.7 Å². The van der Waals surface area contributed by atoms with E-state index < -0.39 is 18.0 Å². The van der Waals surface area contributed by atoms with E-state index in [0.29, 0.717) is 11.3 Å². The number of hydrogen-bond acceptors (Lipinski definition) is 7. The molecule has 1 amide bonds. The first kappa shape index (κ1) is 20.2. The van der Waals surface area contributed by atoms with Crippen LogP contribution in [-0.2, 0) is 27.3 Å². The molecule has 4 rings (SSSR count). The minimum absolute atomic E-state index is 0.00121. The molecule has 0 spiro atoms. The molecule has 156 valence electrons. The number of aliphatic hydroxyl groups is 1. The lowest BCUT2D eigenvalue weighted by molar-refractivity contribution is -0.151. The summed E-state index contributed by atoms with van der Waals surface area (Å²) in [6.45, 7) is -0.376. The maximum absolute atomic E-state index is 12.6. The molecular weight excluding hydrogens is 412 g/mol. The Hall–Kier alpha value is -3.04. The Balaban J connectivity index is 1.80. The fourth-order valence-electron chi connectivity index (χ4n) is 3.82. The number of carboxylic acid groups (broad SMARTS) is 1. The van der Waals surface area contributed by atoms with Gasteiger partial charge < -0.3 is 20.4 Å². The fraction of sp³-hybridized carbons (Fsp3) is 0.350. The molecule has 2 aliphatic rings. The lowest BCUT2D eigenvalue weighted by atomic mass is 9.83. The number of aliphatic carboxylic acids is 1. The van der Waals surface area contributed by atoms with Crippen molar-refractivity contribution < 1.29 is 24.6 Å². The number of aliphatic hydroxyl groups excluding tert-OH is 1. The van der Waals surface area contributed by atoms with Gasteiger partial charge in [0.15, 0.2) is 5.71 Å². The predicted octanol–water partition coefficient (Wildman–Crippen LogP) is 2.18. The molecule has 0 radical (unpaired) electrons. The summed E-state index contributed by atoms with van der Waals surface area (Å²) in [5.74, 6) is -1.73. The zero-order valence-corrected chi connectivity index (χ0v) is 16.6. The van der Waals surface area contributed by atoms with Gasteiger partial charge in [-0.3, -0.25) is 4.79 Å². The van der Waals surface area contributed by atoms with Crippen molar-refractivity contribution in [3.8, 4) is 11.1 Å². The van der Waals surface area contributed by atoms with E-state index in [1.165, 1.54) is 0 Å². The summed E-state index contributed by atoms with van der Waals surface area (Å²) in [5, 5.41) is 25.0. The van der Waals surface area contributed by atoms with E-state index in [2.05, 4.69) is 20.4 Å². The van der Waals surface area contributed by atoms with E-state index in [1.54, 1.807) is 12.4 Å². The number of rotatable bonds is 6. The number of nitrogens with zero attached hydrogens (tertiary/aromatic N) is 3. The van der Waals surface area contributed by atoms with Gasteiger partial charge in [-0.15, -0.1) is 0 Å². The van der Waals surface area contributed by atoms with Crippen molar-refractivity contribution in [1.82, 2.24) is 9.97 Å². The highest BCUT2D eigenvalue weighted by Crippen LogP contribution is 2.40. The molecule has 30 heavy (non-hydrogen) atoms. The molecule has 1 aromatic carbocycles. The Morgan fingerprint density at radius 3 is 2.60 bits per heavy atom. The van der Waals surface area contributed by atoms with Crippen LogP contribution in [0.3, 0.4) is 0 Å². The highest BCUT2D eigenvalue weighted by molar-refractivity contribution is 6.54. The summed E-state index contributed by atoms with van der Waals surface area (Å²) in [4.78, 5) is 37.0. The van der Waals surface area contributed by atoms with E-state index in [-0.39, 0.29) is 24.0 Å². The average Bonchev–Trinajstić information content (AvgIpc) is 3.06. The molecule has 1 atom stereocenters. The van der Waals surface area contributed by atoms with Crippen LogP contribution >= 0.6 is 11.6 Å². The second-order valence-corrected chi connectivity index (χ2v) is 7.43. The maximum Gasteiger partial charge on any atom is 0.347 e. The van der Waals surface area contributed by atoms with Gasteiger partial charge in [0.05, 0.1) is 5.69 Å². The molecule has 2 aromatic rings. The van der Waals surface area contributed by atoms with Crippen LogP contribution < -0.4 is 5.32 Å². The largest absolute Gasteiger partial charge is 0.478 e. The van der Waals surface area contributed by atoms with Crippen molar-refractivity contribution in [1.29, 1.82) is 0 Å². The number of oxime groups is 1. The molecule has 0 fully saturated rings. The number of halogens is 1. The Labute approximate surface area is 176 Å². The topological polar surface area (TPSA) is 134 Å². The van der Waals surface area contributed by atoms with Gasteiger partial charge in [0.25, 0.3) is 5.91 Å². The molecule has 10 heteroatoms. The summed E-state index contributed by atoms with van der Waals surface area (Å²) >= 11 is 5.82. The Kier molecular flexibility index (Phi) is 5.65. The normalized spacial score (nSPS) is 17.3. The van der Waals surface area contributed by atoms with Gasteiger partial charge in [0.2, 0.25) is 11.4 Å². The Bertz CT molecular complexity index is 1040. The molecule has 1 aliphatic heterocycles. The van der Waals surface area contributed by atoms with Crippen molar-refractivity contribution >= 4 is 34.9 Å². The number of aromatic nitrogens is 2.